The van der Waals surface area contributed by atoms with E-state index in [1.807, 2.05) is 45.5 Å². The van der Waals surface area contributed by atoms with Gasteiger partial charge in [0.25, 0.3) is 5.56 Å². The van der Waals surface area contributed by atoms with Gasteiger partial charge in [0.05, 0.1) is 35.1 Å². The first kappa shape index (κ1) is 25.3. The van der Waals surface area contributed by atoms with E-state index in [9.17, 15) is 14.7 Å². The number of nitrogens with zero attached hydrogens (tertiary/aromatic N) is 4. The topological polar surface area (TPSA) is 90.7 Å². The number of piperidine rings is 1. The van der Waals surface area contributed by atoms with E-state index in [1.54, 1.807) is 28.3 Å². The molecule has 2 atom stereocenters. The lowest BCUT2D eigenvalue weighted by atomic mass is 9.66. The van der Waals surface area contributed by atoms with Gasteiger partial charge < -0.3 is 20.2 Å². The van der Waals surface area contributed by atoms with Crippen molar-refractivity contribution >= 4 is 17.4 Å². The van der Waals surface area contributed by atoms with Crippen LogP contribution in [-0.2, 0) is 6.54 Å². The van der Waals surface area contributed by atoms with Gasteiger partial charge in [-0.05, 0) is 36.3 Å². The summed E-state index contributed by atoms with van der Waals surface area (Å²) in [4.78, 5) is 36.4. The molecule has 1 saturated carbocycles. The molecule has 0 radical (unpaired) electrons. The Bertz CT molecular complexity index is 1320. The summed E-state index contributed by atoms with van der Waals surface area (Å²) in [6.45, 7) is 3.35. The Kier molecular flexibility index (Phi) is 6.84. The molecule has 2 saturated heterocycles. The SMILES string of the molecule is O=C(N1CC[C@@](O)(Cn2cnc(-c3cccs3)cc2=O)C2(CCCC2)C1)N1CCNC[C@H]1c1ccccc1. The second kappa shape index (κ2) is 10.3. The molecule has 38 heavy (non-hydrogen) atoms. The van der Waals surface area contributed by atoms with Crippen molar-refractivity contribution in [2.45, 2.75) is 50.3 Å². The molecule has 0 unspecified atom stereocenters. The summed E-state index contributed by atoms with van der Waals surface area (Å²) in [7, 11) is 0. The van der Waals surface area contributed by atoms with Crippen molar-refractivity contribution in [2.24, 2.45) is 5.41 Å². The van der Waals surface area contributed by atoms with E-state index in [1.165, 1.54) is 0 Å². The lowest BCUT2D eigenvalue weighted by Crippen LogP contribution is -2.64. The number of urea groups is 1. The Morgan fingerprint density at radius 3 is 2.66 bits per heavy atom. The molecule has 8 nitrogen and oxygen atoms in total. The van der Waals surface area contributed by atoms with Crippen LogP contribution in [0.5, 0.6) is 0 Å². The Balaban J connectivity index is 1.23. The zero-order valence-electron chi connectivity index (χ0n) is 21.6. The highest BCUT2D eigenvalue weighted by molar-refractivity contribution is 7.13. The molecule has 2 N–H and O–H groups in total. The molecular weight excluding hydrogens is 498 g/mol. The van der Waals surface area contributed by atoms with Crippen LogP contribution in [0.1, 0.15) is 43.7 Å². The molecule has 9 heteroatoms. The van der Waals surface area contributed by atoms with Crippen molar-refractivity contribution in [3.05, 3.63) is 76.2 Å². The lowest BCUT2D eigenvalue weighted by molar-refractivity contribution is -0.137. The Hall–Kier alpha value is -3.01. The Labute approximate surface area is 226 Å². The third-order valence-electron chi connectivity index (χ3n) is 8.87. The number of benzene rings is 1. The number of carbonyl (C=O) groups excluding carboxylic acids is 1. The van der Waals surface area contributed by atoms with Crippen LogP contribution < -0.4 is 10.9 Å². The van der Waals surface area contributed by atoms with Gasteiger partial charge in [0.2, 0.25) is 0 Å². The molecule has 4 heterocycles. The molecule has 3 aliphatic rings. The number of carbonyl (C=O) groups is 1. The number of amides is 2. The monoisotopic (exact) mass is 533 g/mol. The van der Waals surface area contributed by atoms with E-state index >= 15 is 0 Å². The summed E-state index contributed by atoms with van der Waals surface area (Å²) in [6.07, 6.45) is 5.77. The fourth-order valence-electron chi connectivity index (χ4n) is 6.74. The quantitative estimate of drug-likeness (QED) is 0.533. The molecule has 2 amide bonds. The van der Waals surface area contributed by atoms with Gasteiger partial charge in [0, 0.05) is 44.2 Å². The van der Waals surface area contributed by atoms with Crippen LogP contribution in [0.25, 0.3) is 10.6 Å². The van der Waals surface area contributed by atoms with Crippen LogP contribution in [0.15, 0.2) is 65.0 Å². The van der Waals surface area contributed by atoms with E-state index in [0.717, 1.165) is 49.2 Å². The molecule has 2 aliphatic heterocycles. The number of likely N-dealkylation sites (tertiary alicyclic amines) is 1. The van der Waals surface area contributed by atoms with Gasteiger partial charge in [-0.25, -0.2) is 9.78 Å². The maximum Gasteiger partial charge on any atom is 0.320 e. The van der Waals surface area contributed by atoms with Crippen molar-refractivity contribution in [1.29, 1.82) is 0 Å². The number of hydrogen-bond acceptors (Lipinski definition) is 6. The van der Waals surface area contributed by atoms with E-state index in [4.69, 9.17) is 0 Å². The smallest absolute Gasteiger partial charge is 0.320 e. The molecule has 2 aromatic heterocycles. The van der Waals surface area contributed by atoms with Gasteiger partial charge in [-0.3, -0.25) is 9.36 Å². The number of thiophene rings is 1. The Morgan fingerprint density at radius 2 is 1.92 bits per heavy atom. The third-order valence-corrected chi connectivity index (χ3v) is 9.76. The van der Waals surface area contributed by atoms with Crippen molar-refractivity contribution in [3.8, 4) is 10.6 Å². The second-order valence-electron chi connectivity index (χ2n) is 11.0. The summed E-state index contributed by atoms with van der Waals surface area (Å²) < 4.78 is 1.55. The van der Waals surface area contributed by atoms with Gasteiger partial charge in [-0.15, -0.1) is 11.3 Å². The van der Waals surface area contributed by atoms with E-state index < -0.39 is 11.0 Å². The highest BCUT2D eigenvalue weighted by Gasteiger charge is 2.56. The van der Waals surface area contributed by atoms with Crippen LogP contribution in [0.3, 0.4) is 0 Å². The maximum atomic E-state index is 13.9. The van der Waals surface area contributed by atoms with E-state index in [-0.39, 0.29) is 24.2 Å². The fraction of sp³-hybridized carbons (Fsp3) is 0.483. The zero-order valence-corrected chi connectivity index (χ0v) is 22.4. The van der Waals surface area contributed by atoms with Gasteiger partial charge in [-0.1, -0.05) is 49.2 Å². The zero-order chi connectivity index (χ0) is 26.2. The fourth-order valence-corrected chi connectivity index (χ4v) is 7.43. The highest BCUT2D eigenvalue weighted by Crippen LogP contribution is 2.51. The van der Waals surface area contributed by atoms with Gasteiger partial charge in [0.1, 0.15) is 0 Å². The van der Waals surface area contributed by atoms with Crippen LogP contribution in [-0.4, -0.2) is 68.8 Å². The number of hydrogen-bond donors (Lipinski definition) is 2. The molecular formula is C29H35N5O3S. The number of aromatic nitrogens is 2. The summed E-state index contributed by atoms with van der Waals surface area (Å²) in [6, 6.07) is 15.7. The predicted molar refractivity (Wildman–Crippen MR) is 148 cm³/mol. The number of rotatable bonds is 4. The van der Waals surface area contributed by atoms with E-state index in [2.05, 4.69) is 22.4 Å². The molecule has 0 bridgehead atoms. The largest absolute Gasteiger partial charge is 0.387 e. The Morgan fingerprint density at radius 1 is 1.11 bits per heavy atom. The van der Waals surface area contributed by atoms with E-state index in [0.29, 0.717) is 31.7 Å². The predicted octanol–water partition coefficient (Wildman–Crippen LogP) is 3.74. The van der Waals surface area contributed by atoms with Crippen LogP contribution in [0, 0.1) is 5.41 Å². The standard InChI is InChI=1S/C29H35N5O3S/c35-26-17-23(25-9-6-16-38-25)31-21-33(26)20-29(37)12-14-32(19-28(29)10-4-5-11-28)27(36)34-15-13-30-18-24(34)22-7-2-1-3-8-22/h1-3,6-9,16-17,21,24,30,37H,4-5,10-15,18-20H2/t24-,29+/m0/s1. The molecule has 1 aromatic carbocycles. The summed E-state index contributed by atoms with van der Waals surface area (Å²) in [5.74, 6) is 0. The third kappa shape index (κ3) is 4.57. The van der Waals surface area contributed by atoms with Crippen LogP contribution >= 0.6 is 11.3 Å². The minimum atomic E-state index is -1.07. The number of aliphatic hydroxyl groups is 1. The second-order valence-corrected chi connectivity index (χ2v) is 12.0. The minimum Gasteiger partial charge on any atom is -0.387 e. The van der Waals surface area contributed by atoms with Gasteiger partial charge in [-0.2, -0.15) is 0 Å². The first-order chi connectivity index (χ1) is 18.5. The molecule has 1 aliphatic carbocycles. The van der Waals surface area contributed by atoms with Crippen molar-refractivity contribution in [2.75, 3.05) is 32.7 Å². The van der Waals surface area contributed by atoms with Crippen molar-refractivity contribution in [1.82, 2.24) is 24.7 Å². The van der Waals surface area contributed by atoms with Crippen molar-refractivity contribution in [3.63, 3.8) is 0 Å². The normalized spacial score (nSPS) is 25.1. The van der Waals surface area contributed by atoms with Gasteiger partial charge in [0.15, 0.2) is 0 Å². The molecule has 200 valence electrons. The van der Waals surface area contributed by atoms with Gasteiger partial charge >= 0.3 is 6.03 Å². The number of nitrogens with one attached hydrogen (secondary N) is 1. The number of piperazine rings is 1. The van der Waals surface area contributed by atoms with Crippen LogP contribution in [0.4, 0.5) is 4.79 Å². The maximum absolute atomic E-state index is 13.9. The molecule has 6 rings (SSSR count). The average Bonchev–Trinajstić information content (AvgIpc) is 3.66. The lowest BCUT2D eigenvalue weighted by Gasteiger charge is -2.53. The molecule has 1 spiro atoms. The summed E-state index contributed by atoms with van der Waals surface area (Å²) in [5, 5.41) is 17.5. The summed E-state index contributed by atoms with van der Waals surface area (Å²) in [5.41, 5.74) is 0.139. The first-order valence-corrected chi connectivity index (χ1v) is 14.5. The molecule has 3 fully saturated rings. The first-order valence-electron chi connectivity index (χ1n) is 13.6. The minimum absolute atomic E-state index is 0.00991. The highest BCUT2D eigenvalue weighted by atomic mass is 32.1. The molecule has 3 aromatic rings. The van der Waals surface area contributed by atoms with Crippen LogP contribution in [0.2, 0.25) is 0 Å². The summed E-state index contributed by atoms with van der Waals surface area (Å²) >= 11 is 1.55. The van der Waals surface area contributed by atoms with Crippen molar-refractivity contribution < 1.29 is 9.90 Å². The average molecular weight is 534 g/mol.